The fourth-order valence-corrected chi connectivity index (χ4v) is 3.00. The molecule has 0 aliphatic rings. The topological polar surface area (TPSA) is 56.5 Å². The first-order valence-corrected chi connectivity index (χ1v) is 8.39. The van der Waals surface area contributed by atoms with Crippen molar-refractivity contribution in [3.05, 3.63) is 73.8 Å². The van der Waals surface area contributed by atoms with E-state index in [1.54, 1.807) is 17.4 Å². The summed E-state index contributed by atoms with van der Waals surface area (Å²) in [6.07, 6.45) is 3.08. The van der Waals surface area contributed by atoms with Crippen molar-refractivity contribution in [3.8, 4) is 0 Å². The van der Waals surface area contributed by atoms with E-state index in [9.17, 15) is 9.59 Å². The first kappa shape index (κ1) is 16.2. The number of rotatable bonds is 4. The van der Waals surface area contributed by atoms with Crippen LogP contribution in [0.2, 0.25) is 0 Å². The second kappa shape index (κ2) is 6.84. The molecule has 0 fully saturated rings. The molecule has 0 radical (unpaired) electrons. The van der Waals surface area contributed by atoms with E-state index in [0.29, 0.717) is 11.1 Å². The molecule has 0 aliphatic heterocycles. The van der Waals surface area contributed by atoms with Crippen molar-refractivity contribution in [2.24, 2.45) is 0 Å². The largest absolute Gasteiger partial charge is 0.458 e. The summed E-state index contributed by atoms with van der Waals surface area (Å²) in [4.78, 5) is 23.6. The van der Waals surface area contributed by atoms with Gasteiger partial charge in [-0.1, -0.05) is 12.1 Å². The molecule has 24 heavy (non-hydrogen) atoms. The Morgan fingerprint density at radius 3 is 2.88 bits per heavy atom. The van der Waals surface area contributed by atoms with Crippen LogP contribution in [-0.4, -0.2) is 5.97 Å². The molecule has 0 N–H and O–H groups in total. The van der Waals surface area contributed by atoms with Crippen molar-refractivity contribution >= 4 is 34.4 Å². The minimum Gasteiger partial charge on any atom is -0.458 e. The second-order valence-electron chi connectivity index (χ2n) is 5.47. The van der Waals surface area contributed by atoms with E-state index in [1.807, 2.05) is 42.8 Å². The number of fused-ring (bicyclic) bond motifs is 1. The summed E-state index contributed by atoms with van der Waals surface area (Å²) in [6.45, 7) is 3.88. The zero-order valence-corrected chi connectivity index (χ0v) is 14.2. The van der Waals surface area contributed by atoms with E-state index in [-0.39, 0.29) is 6.61 Å². The molecule has 0 saturated carbocycles. The fraction of sp³-hybridized carbons (Fsp3) is 0.158. The third-order valence-electron chi connectivity index (χ3n) is 3.84. The van der Waals surface area contributed by atoms with Crippen molar-refractivity contribution in [3.63, 3.8) is 0 Å². The lowest BCUT2D eigenvalue weighted by Gasteiger charge is -2.09. The van der Waals surface area contributed by atoms with Gasteiger partial charge in [0.25, 0.3) is 0 Å². The van der Waals surface area contributed by atoms with Gasteiger partial charge in [-0.2, -0.15) is 11.3 Å². The zero-order valence-electron chi connectivity index (χ0n) is 13.4. The van der Waals surface area contributed by atoms with Crippen LogP contribution < -0.4 is 5.63 Å². The van der Waals surface area contributed by atoms with Gasteiger partial charge in [-0.15, -0.1) is 0 Å². The third kappa shape index (κ3) is 3.46. The predicted octanol–water partition coefficient (Wildman–Crippen LogP) is 4.23. The van der Waals surface area contributed by atoms with Gasteiger partial charge in [-0.25, -0.2) is 9.59 Å². The molecule has 0 bridgehead atoms. The van der Waals surface area contributed by atoms with Crippen LogP contribution in [0.5, 0.6) is 0 Å². The van der Waals surface area contributed by atoms with Crippen LogP contribution in [0, 0.1) is 13.8 Å². The van der Waals surface area contributed by atoms with Gasteiger partial charge in [0, 0.05) is 23.1 Å². The van der Waals surface area contributed by atoms with Gasteiger partial charge in [-0.05, 0) is 53.4 Å². The van der Waals surface area contributed by atoms with Crippen LogP contribution in [0.3, 0.4) is 0 Å². The maximum absolute atomic E-state index is 11.8. The lowest BCUT2D eigenvalue weighted by atomic mass is 10.0. The number of benzene rings is 1. The lowest BCUT2D eigenvalue weighted by molar-refractivity contribution is -0.138. The zero-order chi connectivity index (χ0) is 17.1. The number of carbonyl (C=O) groups excluding carboxylic acids is 1. The monoisotopic (exact) mass is 340 g/mol. The Bertz CT molecular complexity index is 965. The molecule has 3 aromatic rings. The van der Waals surface area contributed by atoms with E-state index in [4.69, 9.17) is 9.15 Å². The molecule has 4 nitrogen and oxygen atoms in total. The van der Waals surface area contributed by atoms with Crippen molar-refractivity contribution in [1.82, 2.24) is 0 Å². The van der Waals surface area contributed by atoms with Crippen LogP contribution in [-0.2, 0) is 16.1 Å². The highest BCUT2D eigenvalue weighted by atomic mass is 32.1. The molecular formula is C19H16O4S. The summed E-state index contributed by atoms with van der Waals surface area (Å²) < 4.78 is 10.6. The van der Waals surface area contributed by atoms with Gasteiger partial charge in [0.2, 0.25) is 0 Å². The molecular weight excluding hydrogens is 324 g/mol. The highest BCUT2D eigenvalue weighted by Crippen LogP contribution is 2.23. The summed E-state index contributed by atoms with van der Waals surface area (Å²) in [5.41, 5.74) is 3.64. The molecule has 3 rings (SSSR count). The standard InChI is InChI=1S/C19H16O4S/c1-12-3-5-16-15(9-18(21)23-19(16)13(12)2)10-22-17(20)6-4-14-7-8-24-11-14/h3-9,11H,10H2,1-2H3/b6-4+. The molecule has 0 atom stereocenters. The van der Waals surface area contributed by atoms with E-state index in [0.717, 1.165) is 22.1 Å². The normalized spacial score (nSPS) is 11.2. The Morgan fingerprint density at radius 1 is 1.29 bits per heavy atom. The molecule has 0 spiro atoms. The van der Waals surface area contributed by atoms with Gasteiger partial charge in [0.05, 0.1) is 0 Å². The van der Waals surface area contributed by atoms with Crippen LogP contribution in [0.1, 0.15) is 22.3 Å². The third-order valence-corrected chi connectivity index (χ3v) is 4.54. The summed E-state index contributed by atoms with van der Waals surface area (Å²) in [7, 11) is 0. The van der Waals surface area contributed by atoms with Crippen LogP contribution in [0.25, 0.3) is 17.0 Å². The number of thiophene rings is 1. The van der Waals surface area contributed by atoms with E-state index in [2.05, 4.69) is 0 Å². The van der Waals surface area contributed by atoms with E-state index < -0.39 is 11.6 Å². The van der Waals surface area contributed by atoms with E-state index in [1.165, 1.54) is 12.1 Å². The first-order valence-electron chi connectivity index (χ1n) is 7.44. The van der Waals surface area contributed by atoms with Gasteiger partial charge < -0.3 is 9.15 Å². The lowest BCUT2D eigenvalue weighted by Crippen LogP contribution is -2.06. The van der Waals surface area contributed by atoms with Gasteiger partial charge in [0.15, 0.2) is 0 Å². The average molecular weight is 340 g/mol. The number of ether oxygens (including phenoxy) is 1. The summed E-state index contributed by atoms with van der Waals surface area (Å²) in [5, 5.41) is 4.66. The maximum Gasteiger partial charge on any atom is 0.336 e. The molecule has 0 saturated heterocycles. The van der Waals surface area contributed by atoms with Gasteiger partial charge in [-0.3, -0.25) is 0 Å². The fourth-order valence-electron chi connectivity index (χ4n) is 2.38. The Labute approximate surface area is 143 Å². The van der Waals surface area contributed by atoms with Crippen molar-refractivity contribution in [1.29, 1.82) is 0 Å². The highest BCUT2D eigenvalue weighted by molar-refractivity contribution is 7.08. The molecule has 122 valence electrons. The minimum absolute atomic E-state index is 0.0252. The van der Waals surface area contributed by atoms with Crippen molar-refractivity contribution in [2.45, 2.75) is 20.5 Å². The Balaban J connectivity index is 1.81. The SMILES string of the molecule is Cc1ccc2c(COC(=O)/C=C/c3ccsc3)cc(=O)oc2c1C. The van der Waals surface area contributed by atoms with E-state index >= 15 is 0 Å². The Hall–Kier alpha value is -2.66. The number of carbonyl (C=O) groups is 1. The maximum atomic E-state index is 11.8. The summed E-state index contributed by atoms with van der Waals surface area (Å²) in [5.74, 6) is -0.452. The number of aryl methyl sites for hydroxylation is 2. The quantitative estimate of drug-likeness (QED) is 0.405. The van der Waals surface area contributed by atoms with Crippen molar-refractivity contribution < 1.29 is 13.9 Å². The molecule has 2 aromatic heterocycles. The van der Waals surface area contributed by atoms with Crippen molar-refractivity contribution in [2.75, 3.05) is 0 Å². The number of hydrogen-bond donors (Lipinski definition) is 0. The first-order chi connectivity index (χ1) is 11.5. The molecule has 0 unspecified atom stereocenters. The second-order valence-corrected chi connectivity index (χ2v) is 6.25. The summed E-state index contributed by atoms with van der Waals surface area (Å²) in [6, 6.07) is 7.12. The Morgan fingerprint density at radius 2 is 2.12 bits per heavy atom. The van der Waals surface area contributed by atoms with Crippen LogP contribution in [0.15, 0.2) is 50.3 Å². The van der Waals surface area contributed by atoms with Gasteiger partial charge in [0.1, 0.15) is 12.2 Å². The molecule has 0 amide bonds. The Kier molecular flexibility index (Phi) is 4.62. The highest BCUT2D eigenvalue weighted by Gasteiger charge is 2.10. The molecule has 0 aliphatic carbocycles. The number of esters is 1. The van der Waals surface area contributed by atoms with Gasteiger partial charge >= 0.3 is 11.6 Å². The average Bonchev–Trinajstić information content (AvgIpc) is 3.08. The van der Waals surface area contributed by atoms with Crippen LogP contribution >= 0.6 is 11.3 Å². The summed E-state index contributed by atoms with van der Waals surface area (Å²) >= 11 is 1.56. The molecule has 5 heteroatoms. The van der Waals surface area contributed by atoms with Crippen LogP contribution in [0.4, 0.5) is 0 Å². The smallest absolute Gasteiger partial charge is 0.336 e. The predicted molar refractivity (Wildman–Crippen MR) is 95.1 cm³/mol. The number of hydrogen-bond acceptors (Lipinski definition) is 5. The minimum atomic E-state index is -0.452. The molecule has 2 heterocycles. The molecule has 1 aromatic carbocycles.